The topological polar surface area (TPSA) is 90.2 Å². The summed E-state index contributed by atoms with van der Waals surface area (Å²) in [7, 11) is 0. The van der Waals surface area contributed by atoms with Crippen molar-refractivity contribution < 1.29 is 24.2 Å². The monoisotopic (exact) mass is 536 g/mol. The Hall–Kier alpha value is -4.39. The smallest absolute Gasteiger partial charge is 0.354 e. The zero-order valence-electron chi connectivity index (χ0n) is 22.7. The third kappa shape index (κ3) is 5.24. The molecule has 6 rings (SSSR count). The Morgan fingerprint density at radius 3 is 2.40 bits per heavy atom. The van der Waals surface area contributed by atoms with Gasteiger partial charge in [-0.1, -0.05) is 54.0 Å². The SMILES string of the molecule is Cc1cccc(C)c1OCC1=NOC(C2CCC2)C1COc1ccc(-c2ccc3cc(C(=O)O)ncc3c2)cc1. The highest BCUT2D eigenvalue weighted by molar-refractivity contribution is 5.93. The van der Waals surface area contributed by atoms with Crippen LogP contribution < -0.4 is 9.47 Å². The van der Waals surface area contributed by atoms with Crippen LogP contribution in [0.1, 0.15) is 40.9 Å². The van der Waals surface area contributed by atoms with E-state index in [9.17, 15) is 9.90 Å². The molecule has 1 fully saturated rings. The first-order chi connectivity index (χ1) is 19.5. The van der Waals surface area contributed by atoms with Crippen molar-refractivity contribution in [3.8, 4) is 22.6 Å². The molecule has 2 atom stereocenters. The normalized spacial score (nSPS) is 18.6. The number of aromatic carboxylic acids is 1. The number of aryl methyl sites for hydroxylation is 2. The number of nitrogens with zero attached hydrogens (tertiary/aromatic N) is 2. The van der Waals surface area contributed by atoms with Crippen LogP contribution in [0.15, 0.2) is 78.1 Å². The summed E-state index contributed by atoms with van der Waals surface area (Å²) >= 11 is 0. The molecule has 0 amide bonds. The Balaban J connectivity index is 1.13. The fourth-order valence-electron chi connectivity index (χ4n) is 5.51. The maximum atomic E-state index is 11.2. The summed E-state index contributed by atoms with van der Waals surface area (Å²) in [6.07, 6.45) is 5.19. The lowest BCUT2D eigenvalue weighted by molar-refractivity contribution is -0.0187. The predicted octanol–water partition coefficient (Wildman–Crippen LogP) is 6.85. The lowest BCUT2D eigenvalue weighted by Crippen LogP contribution is -2.39. The molecular weight excluding hydrogens is 504 g/mol. The Bertz CT molecular complexity index is 1560. The van der Waals surface area contributed by atoms with Crippen LogP contribution in [0.5, 0.6) is 11.5 Å². The molecule has 1 saturated carbocycles. The van der Waals surface area contributed by atoms with Crippen molar-refractivity contribution in [2.75, 3.05) is 13.2 Å². The zero-order chi connectivity index (χ0) is 27.6. The summed E-state index contributed by atoms with van der Waals surface area (Å²) in [5, 5.41) is 15.4. The number of carbonyl (C=O) groups is 1. The number of ether oxygens (including phenoxy) is 2. The molecule has 1 aliphatic carbocycles. The van der Waals surface area contributed by atoms with Gasteiger partial charge in [-0.2, -0.15) is 0 Å². The minimum atomic E-state index is -1.03. The zero-order valence-corrected chi connectivity index (χ0v) is 22.7. The van der Waals surface area contributed by atoms with Crippen LogP contribution >= 0.6 is 0 Å². The van der Waals surface area contributed by atoms with E-state index in [0.717, 1.165) is 63.1 Å². The molecule has 2 aliphatic rings. The summed E-state index contributed by atoms with van der Waals surface area (Å²) in [6, 6.07) is 21.7. The number of fused-ring (bicyclic) bond motifs is 1. The van der Waals surface area contributed by atoms with Crippen LogP contribution in [0, 0.1) is 25.7 Å². The number of rotatable bonds is 9. The summed E-state index contributed by atoms with van der Waals surface area (Å²) < 4.78 is 12.5. The van der Waals surface area contributed by atoms with E-state index in [0.29, 0.717) is 19.1 Å². The van der Waals surface area contributed by atoms with Gasteiger partial charge in [0.1, 0.15) is 42.2 Å². The Kier molecular flexibility index (Phi) is 7.11. The molecule has 4 aromatic rings. The molecule has 7 nitrogen and oxygen atoms in total. The molecule has 204 valence electrons. The van der Waals surface area contributed by atoms with Gasteiger partial charge in [-0.05, 0) is 84.5 Å². The molecule has 0 bridgehead atoms. The van der Waals surface area contributed by atoms with E-state index in [2.05, 4.69) is 36.1 Å². The van der Waals surface area contributed by atoms with E-state index in [-0.39, 0.29) is 17.7 Å². The van der Waals surface area contributed by atoms with Crippen molar-refractivity contribution in [2.24, 2.45) is 17.0 Å². The van der Waals surface area contributed by atoms with Crippen molar-refractivity contribution >= 4 is 22.5 Å². The van der Waals surface area contributed by atoms with Gasteiger partial charge in [0.15, 0.2) is 0 Å². The van der Waals surface area contributed by atoms with Crippen LogP contribution in [-0.4, -0.2) is 41.1 Å². The number of para-hydroxylation sites is 1. The molecule has 40 heavy (non-hydrogen) atoms. The first-order valence-corrected chi connectivity index (χ1v) is 13.7. The van der Waals surface area contributed by atoms with E-state index in [4.69, 9.17) is 14.3 Å². The second-order valence-corrected chi connectivity index (χ2v) is 10.7. The van der Waals surface area contributed by atoms with Crippen LogP contribution in [0.4, 0.5) is 0 Å². The van der Waals surface area contributed by atoms with Gasteiger partial charge in [0.25, 0.3) is 0 Å². The van der Waals surface area contributed by atoms with Crippen molar-refractivity contribution in [3.05, 3.63) is 89.7 Å². The largest absolute Gasteiger partial charge is 0.493 e. The highest BCUT2D eigenvalue weighted by atomic mass is 16.6. The summed E-state index contributed by atoms with van der Waals surface area (Å²) in [5.41, 5.74) is 5.21. The van der Waals surface area contributed by atoms with Gasteiger partial charge in [-0.25, -0.2) is 9.78 Å². The Morgan fingerprint density at radius 1 is 0.950 bits per heavy atom. The number of oxime groups is 1. The third-order valence-corrected chi connectivity index (χ3v) is 8.06. The molecule has 1 aromatic heterocycles. The van der Waals surface area contributed by atoms with Gasteiger partial charge >= 0.3 is 5.97 Å². The molecule has 2 unspecified atom stereocenters. The maximum absolute atomic E-state index is 11.2. The predicted molar refractivity (Wildman–Crippen MR) is 154 cm³/mol. The second kappa shape index (κ2) is 11.0. The number of benzene rings is 3. The van der Waals surface area contributed by atoms with Gasteiger partial charge < -0.3 is 19.4 Å². The number of carboxylic acid groups (broad SMARTS) is 1. The molecule has 0 spiro atoms. The highest BCUT2D eigenvalue weighted by Crippen LogP contribution is 2.38. The average Bonchev–Trinajstić information content (AvgIpc) is 3.32. The van der Waals surface area contributed by atoms with Crippen molar-refractivity contribution in [3.63, 3.8) is 0 Å². The molecule has 2 heterocycles. The van der Waals surface area contributed by atoms with Crippen molar-refractivity contribution in [1.82, 2.24) is 4.98 Å². The van der Waals surface area contributed by atoms with E-state index >= 15 is 0 Å². The maximum Gasteiger partial charge on any atom is 0.354 e. The van der Waals surface area contributed by atoms with Crippen LogP contribution in [-0.2, 0) is 4.84 Å². The fourth-order valence-corrected chi connectivity index (χ4v) is 5.51. The molecule has 0 saturated heterocycles. The first kappa shape index (κ1) is 25.9. The molecule has 7 heteroatoms. The van der Waals surface area contributed by atoms with Gasteiger partial charge in [-0.15, -0.1) is 0 Å². The van der Waals surface area contributed by atoms with E-state index in [1.807, 2.05) is 48.5 Å². The van der Waals surface area contributed by atoms with Gasteiger partial charge in [-0.3, -0.25) is 0 Å². The third-order valence-electron chi connectivity index (χ3n) is 8.06. The van der Waals surface area contributed by atoms with E-state index in [1.165, 1.54) is 6.42 Å². The summed E-state index contributed by atoms with van der Waals surface area (Å²) in [5.74, 6) is 1.20. The average molecular weight is 537 g/mol. The van der Waals surface area contributed by atoms with Crippen molar-refractivity contribution in [2.45, 2.75) is 39.2 Å². The van der Waals surface area contributed by atoms with Gasteiger partial charge in [0, 0.05) is 11.6 Å². The van der Waals surface area contributed by atoms with E-state index < -0.39 is 5.97 Å². The lowest BCUT2D eigenvalue weighted by atomic mass is 9.76. The summed E-state index contributed by atoms with van der Waals surface area (Å²) in [6.45, 7) is 4.97. The van der Waals surface area contributed by atoms with Crippen molar-refractivity contribution in [1.29, 1.82) is 0 Å². The van der Waals surface area contributed by atoms with Gasteiger partial charge in [0.05, 0.1) is 5.92 Å². The summed E-state index contributed by atoms with van der Waals surface area (Å²) in [4.78, 5) is 21.2. The van der Waals surface area contributed by atoms with Crippen LogP contribution in [0.25, 0.3) is 21.9 Å². The Morgan fingerprint density at radius 2 is 1.70 bits per heavy atom. The second-order valence-electron chi connectivity index (χ2n) is 10.7. The molecule has 1 aliphatic heterocycles. The standard InChI is InChI=1S/C33H32N2O5/c1-20-5-3-6-21(2)31(20)39-19-30-28(32(40-35-30)23-7-4-8-23)18-38-27-13-11-22(12-14-27)24-9-10-25-16-29(33(36)37)34-17-26(25)15-24/h3,5-6,9-17,23,28,32H,4,7-8,18-19H2,1-2H3,(H,36,37). The fraction of sp³-hybridized carbons (Fsp3) is 0.303. The molecular formula is C33H32N2O5. The van der Waals surface area contributed by atoms with Gasteiger partial charge in [0.2, 0.25) is 0 Å². The molecule has 3 aromatic carbocycles. The lowest BCUT2D eigenvalue weighted by Gasteiger charge is -2.33. The van der Waals surface area contributed by atoms with E-state index in [1.54, 1.807) is 12.3 Å². The minimum absolute atomic E-state index is 0.0254. The Labute approximate surface area is 233 Å². The number of pyridine rings is 1. The number of hydrogen-bond donors (Lipinski definition) is 1. The quantitative estimate of drug-likeness (QED) is 0.252. The molecule has 0 radical (unpaired) electrons. The van der Waals surface area contributed by atoms with Crippen LogP contribution in [0.2, 0.25) is 0 Å². The minimum Gasteiger partial charge on any atom is -0.493 e. The highest BCUT2D eigenvalue weighted by Gasteiger charge is 2.42. The first-order valence-electron chi connectivity index (χ1n) is 13.7. The van der Waals surface area contributed by atoms with Crippen LogP contribution in [0.3, 0.4) is 0 Å². The number of carboxylic acids is 1. The number of aromatic nitrogens is 1. The number of hydrogen-bond acceptors (Lipinski definition) is 6. The molecule has 1 N–H and O–H groups in total.